The van der Waals surface area contributed by atoms with Gasteiger partial charge in [0.1, 0.15) is 0 Å². The first kappa shape index (κ1) is 13.4. The van der Waals surface area contributed by atoms with Crippen LogP contribution in [0.1, 0.15) is 13.3 Å². The molecule has 0 amide bonds. The largest absolute Gasteiger partial charge is 0.462 e. The Hall–Kier alpha value is 0.430. The van der Waals surface area contributed by atoms with E-state index in [1.54, 1.807) is 6.92 Å². The summed E-state index contributed by atoms with van der Waals surface area (Å²) in [5, 5.41) is 0. The predicted molar refractivity (Wildman–Crippen MR) is 60.4 cm³/mol. The van der Waals surface area contributed by atoms with E-state index in [-0.39, 0.29) is 6.61 Å². The highest BCUT2D eigenvalue weighted by atomic mass is 36.2. The van der Waals surface area contributed by atoms with Crippen molar-refractivity contribution in [3.05, 3.63) is 12.2 Å². The molecule has 0 aromatic carbocycles. The zero-order chi connectivity index (χ0) is 10.5. The summed E-state index contributed by atoms with van der Waals surface area (Å²) in [5.41, 5.74) is 0.376. The van der Waals surface area contributed by atoms with E-state index in [1.165, 1.54) is 0 Å². The molecule has 0 saturated carbocycles. The van der Waals surface area contributed by atoms with Crippen molar-refractivity contribution >= 4 is 45.7 Å². The number of halogens is 3. The Kier molecular flexibility index (Phi) is 6.21. The van der Waals surface area contributed by atoms with Crippen LogP contribution in [0.25, 0.3) is 0 Å². The number of ether oxygens (including phenoxy) is 1. The standard InChI is InChI=1S/C7H11Cl3O2S/c1-6(2)7(11)12-4-3-5-13(8,9)10/h1,3-5H2,2H3. The molecule has 0 fully saturated rings. The van der Waals surface area contributed by atoms with Gasteiger partial charge in [-0.1, -0.05) is 6.58 Å². The smallest absolute Gasteiger partial charge is 0.333 e. The molecule has 13 heavy (non-hydrogen) atoms. The van der Waals surface area contributed by atoms with Gasteiger partial charge in [-0.05, 0) is 53.1 Å². The molecule has 2 nitrogen and oxygen atoms in total. The highest BCUT2D eigenvalue weighted by Crippen LogP contribution is 2.63. The van der Waals surface area contributed by atoms with Crippen LogP contribution < -0.4 is 0 Å². The normalized spacial score (nSPS) is 12.3. The van der Waals surface area contributed by atoms with Gasteiger partial charge in [-0.2, -0.15) is 0 Å². The summed E-state index contributed by atoms with van der Waals surface area (Å²) < 4.78 is 4.80. The Balaban J connectivity index is 3.47. The first-order valence-electron chi connectivity index (χ1n) is 3.55. The molecule has 0 atom stereocenters. The number of esters is 1. The van der Waals surface area contributed by atoms with E-state index in [9.17, 15) is 4.79 Å². The maximum atomic E-state index is 10.9. The molecule has 0 unspecified atom stereocenters. The van der Waals surface area contributed by atoms with Gasteiger partial charge >= 0.3 is 5.97 Å². The summed E-state index contributed by atoms with van der Waals surface area (Å²) in [4.78, 5) is 10.9. The van der Waals surface area contributed by atoms with E-state index in [2.05, 4.69) is 6.58 Å². The lowest BCUT2D eigenvalue weighted by Gasteiger charge is -2.14. The summed E-state index contributed by atoms with van der Waals surface area (Å²) in [7, 11) is 14.7. The molecule has 0 spiro atoms. The van der Waals surface area contributed by atoms with Gasteiger partial charge in [-0.15, -0.1) is 0 Å². The third kappa shape index (κ3) is 8.75. The van der Waals surface area contributed by atoms with Crippen molar-refractivity contribution in [3.8, 4) is 0 Å². The molecule has 0 aliphatic rings. The van der Waals surface area contributed by atoms with Gasteiger partial charge in [0.25, 0.3) is 0 Å². The van der Waals surface area contributed by atoms with Gasteiger partial charge in [0.15, 0.2) is 0 Å². The minimum atomic E-state index is -2.04. The number of carbonyl (C=O) groups excluding carboxylic acids is 1. The van der Waals surface area contributed by atoms with E-state index in [0.717, 1.165) is 0 Å². The van der Waals surface area contributed by atoms with Gasteiger partial charge in [-0.25, -0.2) is 4.79 Å². The van der Waals surface area contributed by atoms with Crippen molar-refractivity contribution < 1.29 is 9.53 Å². The van der Waals surface area contributed by atoms with Crippen molar-refractivity contribution in [1.29, 1.82) is 0 Å². The van der Waals surface area contributed by atoms with E-state index in [1.807, 2.05) is 0 Å². The van der Waals surface area contributed by atoms with Gasteiger partial charge in [-0.3, -0.25) is 0 Å². The fourth-order valence-electron chi connectivity index (χ4n) is 0.511. The average Bonchev–Trinajstić information content (AvgIpc) is 1.95. The van der Waals surface area contributed by atoms with Crippen molar-refractivity contribution in [2.45, 2.75) is 13.3 Å². The van der Waals surface area contributed by atoms with Crippen molar-refractivity contribution in [1.82, 2.24) is 0 Å². The summed E-state index contributed by atoms with van der Waals surface area (Å²) >= 11 is 0. The molecule has 0 aromatic rings. The quantitative estimate of drug-likeness (QED) is 0.430. The summed E-state index contributed by atoms with van der Waals surface area (Å²) in [5.74, 6) is 0.0422. The molecule has 0 N–H and O–H groups in total. The first-order valence-corrected chi connectivity index (χ1v) is 7.83. The van der Waals surface area contributed by atoms with Crippen LogP contribution in [-0.2, 0) is 9.53 Å². The van der Waals surface area contributed by atoms with Gasteiger partial charge in [0, 0.05) is 11.3 Å². The molecule has 0 rings (SSSR count). The molecule has 0 aromatic heterocycles. The van der Waals surface area contributed by atoms with E-state index < -0.39 is 13.6 Å². The molecule has 0 bridgehead atoms. The maximum absolute atomic E-state index is 10.9. The van der Waals surface area contributed by atoms with Crippen molar-refractivity contribution in [3.63, 3.8) is 0 Å². The van der Waals surface area contributed by atoms with Crippen LogP contribution in [0.2, 0.25) is 0 Å². The Morgan fingerprint density at radius 3 is 2.38 bits per heavy atom. The minimum absolute atomic E-state index is 0.270. The highest BCUT2D eigenvalue weighted by Gasteiger charge is 2.13. The van der Waals surface area contributed by atoms with Crippen LogP contribution in [0.5, 0.6) is 0 Å². The molecule has 0 aliphatic carbocycles. The SMILES string of the molecule is C=C(C)C(=O)OCCCS(Cl)(Cl)Cl. The number of carbonyl (C=O) groups is 1. The zero-order valence-electron chi connectivity index (χ0n) is 7.19. The van der Waals surface area contributed by atoms with Crippen LogP contribution >= 0.6 is 39.7 Å². The Labute approximate surface area is 93.0 Å². The maximum Gasteiger partial charge on any atom is 0.333 e. The van der Waals surface area contributed by atoms with Crippen LogP contribution in [-0.4, -0.2) is 18.3 Å². The molecular weight excluding hydrogens is 255 g/mol. The van der Waals surface area contributed by atoms with Crippen LogP contribution in [0, 0.1) is 0 Å². The number of rotatable bonds is 5. The van der Waals surface area contributed by atoms with Gasteiger partial charge in [0.05, 0.1) is 6.61 Å². The average molecular weight is 266 g/mol. The van der Waals surface area contributed by atoms with Crippen LogP contribution in [0.3, 0.4) is 0 Å². The summed E-state index contributed by atoms with van der Waals surface area (Å²) in [6, 6.07) is 0. The second-order valence-electron chi connectivity index (χ2n) is 2.48. The van der Waals surface area contributed by atoms with Crippen molar-refractivity contribution in [2.24, 2.45) is 0 Å². The molecular formula is C7H11Cl3O2S. The fourth-order valence-corrected chi connectivity index (χ4v) is 1.94. The molecule has 6 heteroatoms. The predicted octanol–water partition coefficient (Wildman–Crippen LogP) is 3.76. The lowest BCUT2D eigenvalue weighted by Crippen LogP contribution is -2.07. The lowest BCUT2D eigenvalue weighted by atomic mass is 10.4. The van der Waals surface area contributed by atoms with Crippen LogP contribution in [0.15, 0.2) is 12.2 Å². The Bertz CT molecular complexity index is 200. The highest BCUT2D eigenvalue weighted by molar-refractivity contribution is 8.79. The van der Waals surface area contributed by atoms with E-state index in [4.69, 9.17) is 36.8 Å². The third-order valence-corrected chi connectivity index (χ3v) is 3.24. The van der Waals surface area contributed by atoms with Crippen molar-refractivity contribution in [2.75, 3.05) is 12.4 Å². The summed E-state index contributed by atoms with van der Waals surface area (Å²) in [6.45, 7) is 5.29. The lowest BCUT2D eigenvalue weighted by molar-refractivity contribution is -0.138. The van der Waals surface area contributed by atoms with E-state index in [0.29, 0.717) is 17.7 Å². The van der Waals surface area contributed by atoms with Crippen LogP contribution in [0.4, 0.5) is 0 Å². The third-order valence-electron chi connectivity index (χ3n) is 1.10. The Morgan fingerprint density at radius 2 is 2.00 bits per heavy atom. The number of hydrogen-bond donors (Lipinski definition) is 0. The molecule has 0 aliphatic heterocycles. The monoisotopic (exact) mass is 264 g/mol. The molecule has 0 heterocycles. The molecule has 0 radical (unpaired) electrons. The Morgan fingerprint density at radius 1 is 1.46 bits per heavy atom. The second-order valence-corrected chi connectivity index (χ2v) is 10.1. The summed E-state index contributed by atoms with van der Waals surface area (Å²) in [6.07, 6.45) is 0.560. The minimum Gasteiger partial charge on any atom is -0.462 e. The van der Waals surface area contributed by atoms with Gasteiger partial charge < -0.3 is 4.74 Å². The fraction of sp³-hybridized carbons (Fsp3) is 0.571. The topological polar surface area (TPSA) is 26.3 Å². The first-order chi connectivity index (χ1) is 5.83. The number of hydrogen-bond acceptors (Lipinski definition) is 2. The molecule has 0 saturated heterocycles. The van der Waals surface area contributed by atoms with Gasteiger partial charge in [0.2, 0.25) is 0 Å². The zero-order valence-corrected chi connectivity index (χ0v) is 10.3. The second kappa shape index (κ2) is 6.02. The molecule has 78 valence electrons. The van der Waals surface area contributed by atoms with E-state index >= 15 is 0 Å².